The monoisotopic (exact) mass is 480 g/mol. The van der Waals surface area contributed by atoms with E-state index >= 15 is 0 Å². The third-order valence-electron chi connectivity index (χ3n) is 7.43. The van der Waals surface area contributed by atoms with Gasteiger partial charge < -0.3 is 20.5 Å². The lowest BCUT2D eigenvalue weighted by Crippen LogP contribution is -2.69. The summed E-state index contributed by atoms with van der Waals surface area (Å²) in [6.07, 6.45) is 9.93. The van der Waals surface area contributed by atoms with Gasteiger partial charge >= 0.3 is 11.9 Å². The van der Waals surface area contributed by atoms with E-state index in [1.54, 1.807) is 0 Å². The molecule has 0 spiro atoms. The minimum absolute atomic E-state index is 0.00831. The van der Waals surface area contributed by atoms with Crippen molar-refractivity contribution < 1.29 is 19.4 Å². The van der Waals surface area contributed by atoms with Gasteiger partial charge in [0.05, 0.1) is 0 Å². The Hall–Kier alpha value is -1.14. The van der Waals surface area contributed by atoms with Gasteiger partial charge in [0, 0.05) is 53.8 Å². The second-order valence-corrected chi connectivity index (χ2v) is 13.8. The van der Waals surface area contributed by atoms with Crippen molar-refractivity contribution in [2.75, 3.05) is 0 Å². The van der Waals surface area contributed by atoms with Crippen LogP contribution in [0.4, 0.5) is 0 Å². The number of piperidine rings is 2. The SMILES string of the molecule is CC1(C)CC(C2(OC(=O)CCCCCCCCC(=O)O)CC(C)(C)NC(C)(C)C2)CC(C)(C)N1. The first-order chi connectivity index (χ1) is 15.5. The normalized spacial score (nSPS) is 24.9. The Morgan fingerprint density at radius 1 is 0.706 bits per heavy atom. The molecular formula is C28H52N2O4. The topological polar surface area (TPSA) is 87.7 Å². The van der Waals surface area contributed by atoms with E-state index in [0.29, 0.717) is 12.3 Å². The Bertz CT molecular complexity index is 679. The van der Waals surface area contributed by atoms with Gasteiger partial charge in [0.1, 0.15) is 5.60 Å². The average Bonchev–Trinajstić information content (AvgIpc) is 2.58. The van der Waals surface area contributed by atoms with Gasteiger partial charge in [-0.15, -0.1) is 0 Å². The van der Waals surface area contributed by atoms with Crippen LogP contribution in [-0.2, 0) is 14.3 Å². The third kappa shape index (κ3) is 9.14. The zero-order chi connectivity index (χ0) is 25.8. The third-order valence-corrected chi connectivity index (χ3v) is 7.43. The fraction of sp³-hybridized carbons (Fsp3) is 0.929. The average molecular weight is 481 g/mol. The molecule has 0 atom stereocenters. The molecule has 6 nitrogen and oxygen atoms in total. The van der Waals surface area contributed by atoms with Crippen LogP contribution in [0.5, 0.6) is 0 Å². The number of ether oxygens (including phenoxy) is 1. The van der Waals surface area contributed by atoms with Gasteiger partial charge in [-0.1, -0.05) is 25.7 Å². The summed E-state index contributed by atoms with van der Waals surface area (Å²) < 4.78 is 6.58. The molecule has 6 heteroatoms. The summed E-state index contributed by atoms with van der Waals surface area (Å²) in [6.45, 7) is 18.0. The summed E-state index contributed by atoms with van der Waals surface area (Å²) in [4.78, 5) is 23.8. The van der Waals surface area contributed by atoms with E-state index in [4.69, 9.17) is 9.84 Å². The van der Waals surface area contributed by atoms with Gasteiger partial charge in [0.25, 0.3) is 0 Å². The molecule has 3 N–H and O–H groups in total. The van der Waals surface area contributed by atoms with Gasteiger partial charge in [-0.25, -0.2) is 0 Å². The van der Waals surface area contributed by atoms with E-state index in [1.165, 1.54) is 0 Å². The van der Waals surface area contributed by atoms with Crippen molar-refractivity contribution in [2.45, 2.75) is 160 Å². The number of nitrogens with one attached hydrogen (secondary N) is 2. The Morgan fingerprint density at radius 2 is 1.12 bits per heavy atom. The lowest BCUT2D eigenvalue weighted by Gasteiger charge is -2.59. The zero-order valence-corrected chi connectivity index (χ0v) is 23.2. The van der Waals surface area contributed by atoms with Crippen LogP contribution in [0, 0.1) is 5.92 Å². The second kappa shape index (κ2) is 10.9. The molecule has 0 unspecified atom stereocenters. The zero-order valence-electron chi connectivity index (χ0n) is 23.2. The number of carboxylic acid groups (broad SMARTS) is 1. The maximum atomic E-state index is 13.2. The molecule has 2 aliphatic rings. The van der Waals surface area contributed by atoms with Crippen LogP contribution in [0.15, 0.2) is 0 Å². The molecule has 2 heterocycles. The predicted molar refractivity (Wildman–Crippen MR) is 138 cm³/mol. The van der Waals surface area contributed by atoms with Crippen molar-refractivity contribution in [2.24, 2.45) is 5.92 Å². The molecule has 0 aromatic carbocycles. The number of carbonyl (C=O) groups is 2. The standard InChI is InChI=1S/C28H52N2O4/c1-24(2)17-21(18-25(3,4)29-24)28(19-26(5,6)30-27(7,8)20-28)34-23(33)16-14-12-10-9-11-13-15-22(31)32/h21,29-30H,9-20H2,1-8H3,(H,31,32). The molecule has 0 aromatic rings. The van der Waals surface area contributed by atoms with Crippen LogP contribution in [0.1, 0.15) is 132 Å². The fourth-order valence-corrected chi connectivity index (χ4v) is 7.23. The minimum atomic E-state index is -0.721. The minimum Gasteiger partial charge on any atom is -0.481 e. The summed E-state index contributed by atoms with van der Waals surface area (Å²) in [5.41, 5.74) is -0.714. The lowest BCUT2D eigenvalue weighted by atomic mass is 9.60. The first kappa shape index (κ1) is 29.1. The molecule has 2 fully saturated rings. The number of carbonyl (C=O) groups excluding carboxylic acids is 1. The number of unbranched alkanes of at least 4 members (excludes halogenated alkanes) is 5. The summed E-state index contributed by atoms with van der Waals surface area (Å²) >= 11 is 0. The van der Waals surface area contributed by atoms with Crippen molar-refractivity contribution in [3.63, 3.8) is 0 Å². The maximum Gasteiger partial charge on any atom is 0.306 e. The van der Waals surface area contributed by atoms with Crippen molar-refractivity contribution >= 4 is 11.9 Å². The number of aliphatic carboxylic acids is 1. The second-order valence-electron chi connectivity index (χ2n) is 13.8. The van der Waals surface area contributed by atoms with Gasteiger partial charge in [-0.2, -0.15) is 0 Å². The highest BCUT2D eigenvalue weighted by Crippen LogP contribution is 2.50. The highest BCUT2D eigenvalue weighted by Gasteiger charge is 2.56. The molecule has 0 amide bonds. The molecule has 0 saturated carbocycles. The molecule has 0 radical (unpaired) electrons. The summed E-state index contributed by atoms with van der Waals surface area (Å²) in [6, 6.07) is 0. The van der Waals surface area contributed by atoms with Gasteiger partial charge in [0.15, 0.2) is 0 Å². The quantitative estimate of drug-likeness (QED) is 0.249. The smallest absolute Gasteiger partial charge is 0.306 e. The Morgan fingerprint density at radius 3 is 1.59 bits per heavy atom. The van der Waals surface area contributed by atoms with Crippen LogP contribution in [0.2, 0.25) is 0 Å². The van der Waals surface area contributed by atoms with Crippen LogP contribution in [-0.4, -0.2) is 44.8 Å². The predicted octanol–water partition coefficient (Wildman–Crippen LogP) is 5.97. The fourth-order valence-electron chi connectivity index (χ4n) is 7.23. The van der Waals surface area contributed by atoms with Gasteiger partial charge in [0.2, 0.25) is 0 Å². The molecule has 2 rings (SSSR count). The highest BCUT2D eigenvalue weighted by molar-refractivity contribution is 5.70. The lowest BCUT2D eigenvalue weighted by molar-refractivity contribution is -0.187. The van der Waals surface area contributed by atoms with E-state index in [-0.39, 0.29) is 34.5 Å². The van der Waals surface area contributed by atoms with E-state index in [0.717, 1.165) is 64.2 Å². The molecule has 2 aliphatic heterocycles. The first-order valence-electron chi connectivity index (χ1n) is 13.5. The van der Waals surface area contributed by atoms with E-state index in [2.05, 4.69) is 66.0 Å². The van der Waals surface area contributed by atoms with Crippen LogP contribution >= 0.6 is 0 Å². The highest BCUT2D eigenvalue weighted by atomic mass is 16.6. The van der Waals surface area contributed by atoms with Crippen molar-refractivity contribution in [3.8, 4) is 0 Å². The molecule has 198 valence electrons. The first-order valence-corrected chi connectivity index (χ1v) is 13.5. The number of hydrogen-bond acceptors (Lipinski definition) is 5. The molecule has 0 aliphatic carbocycles. The molecule has 2 saturated heterocycles. The Labute approximate surface area is 208 Å². The Kier molecular flexibility index (Phi) is 9.29. The summed E-state index contributed by atoms with van der Waals surface area (Å²) in [7, 11) is 0. The summed E-state index contributed by atoms with van der Waals surface area (Å²) in [5.74, 6) is -0.479. The van der Waals surface area contributed by atoms with Crippen LogP contribution < -0.4 is 10.6 Å². The molecular weight excluding hydrogens is 428 g/mol. The van der Waals surface area contributed by atoms with Crippen LogP contribution in [0.3, 0.4) is 0 Å². The van der Waals surface area contributed by atoms with Crippen molar-refractivity contribution in [3.05, 3.63) is 0 Å². The molecule has 34 heavy (non-hydrogen) atoms. The Balaban J connectivity index is 2.05. The number of hydrogen-bond donors (Lipinski definition) is 3. The van der Waals surface area contributed by atoms with E-state index in [9.17, 15) is 9.59 Å². The molecule has 0 aromatic heterocycles. The van der Waals surface area contributed by atoms with Crippen molar-refractivity contribution in [1.82, 2.24) is 10.6 Å². The van der Waals surface area contributed by atoms with Gasteiger partial charge in [-0.3, -0.25) is 9.59 Å². The van der Waals surface area contributed by atoms with Gasteiger partial charge in [-0.05, 0) is 81.1 Å². The van der Waals surface area contributed by atoms with E-state index < -0.39 is 11.6 Å². The number of esters is 1. The van der Waals surface area contributed by atoms with E-state index in [1.807, 2.05) is 0 Å². The maximum absolute atomic E-state index is 13.2. The van der Waals surface area contributed by atoms with Crippen LogP contribution in [0.25, 0.3) is 0 Å². The number of carboxylic acids is 1. The summed E-state index contributed by atoms with van der Waals surface area (Å²) in [5, 5.41) is 16.3. The number of rotatable bonds is 11. The molecule has 0 bridgehead atoms. The largest absolute Gasteiger partial charge is 0.481 e. The van der Waals surface area contributed by atoms with Crippen molar-refractivity contribution in [1.29, 1.82) is 0 Å².